The van der Waals surface area contributed by atoms with Gasteiger partial charge in [-0.3, -0.25) is 0 Å². The Hall–Kier alpha value is -0.430. The Bertz CT molecular complexity index is 542. The largest absolute Gasteiger partial charge is 0.327 e. The van der Waals surface area contributed by atoms with E-state index in [4.69, 9.17) is 5.73 Å². The number of aromatic nitrogens is 2. The summed E-state index contributed by atoms with van der Waals surface area (Å²) >= 11 is 6.74. The van der Waals surface area contributed by atoms with Gasteiger partial charge >= 0.3 is 0 Å². The molecule has 19 heavy (non-hydrogen) atoms. The number of hydrogen-bond donors (Lipinski definition) is 1. The third kappa shape index (κ3) is 3.78. The zero-order chi connectivity index (χ0) is 13.8. The van der Waals surface area contributed by atoms with Gasteiger partial charge in [-0.05, 0) is 30.1 Å². The molecule has 0 saturated heterocycles. The molecule has 0 aliphatic rings. The Balaban J connectivity index is 2.24. The lowest BCUT2D eigenvalue weighted by molar-refractivity contribution is 0.718. The summed E-state index contributed by atoms with van der Waals surface area (Å²) in [6, 6.07) is 8.23. The lowest BCUT2D eigenvalue weighted by atomic mass is 10.1. The Morgan fingerprint density at radius 1 is 1.42 bits per heavy atom. The molecule has 1 aromatic carbocycles. The maximum Gasteiger partial charge on any atom is 0.170 e. The highest BCUT2D eigenvalue weighted by atomic mass is 79.9. The van der Waals surface area contributed by atoms with Gasteiger partial charge in [0.2, 0.25) is 0 Å². The van der Waals surface area contributed by atoms with E-state index in [2.05, 4.69) is 38.3 Å². The van der Waals surface area contributed by atoms with Crippen molar-refractivity contribution in [3.05, 3.63) is 40.1 Å². The summed E-state index contributed by atoms with van der Waals surface area (Å²) in [5.41, 5.74) is 7.34. The van der Waals surface area contributed by atoms with Gasteiger partial charge in [-0.25, -0.2) is 4.98 Å². The van der Waals surface area contributed by atoms with Gasteiger partial charge in [-0.1, -0.05) is 52.8 Å². The van der Waals surface area contributed by atoms with Crippen molar-refractivity contribution in [1.29, 1.82) is 0 Å². The number of halogens is 1. The molecular formula is C13H16BrN3S2. The monoisotopic (exact) mass is 357 g/mol. The van der Waals surface area contributed by atoms with Crippen LogP contribution >= 0.6 is 39.2 Å². The van der Waals surface area contributed by atoms with Crippen molar-refractivity contribution in [2.75, 3.05) is 0 Å². The van der Waals surface area contributed by atoms with E-state index in [1.54, 1.807) is 11.8 Å². The molecule has 0 aliphatic carbocycles. The normalized spacial score (nSPS) is 14.3. The van der Waals surface area contributed by atoms with Gasteiger partial charge in [0, 0.05) is 16.9 Å². The van der Waals surface area contributed by atoms with E-state index in [1.165, 1.54) is 17.1 Å². The van der Waals surface area contributed by atoms with Gasteiger partial charge < -0.3 is 5.73 Å². The highest BCUT2D eigenvalue weighted by Gasteiger charge is 2.21. The number of aryl methyl sites for hydroxylation is 1. The molecule has 2 aromatic rings. The third-order valence-corrected chi connectivity index (χ3v) is 5.70. The fourth-order valence-electron chi connectivity index (χ4n) is 1.70. The molecule has 102 valence electrons. The van der Waals surface area contributed by atoms with Crippen molar-refractivity contribution in [3.63, 3.8) is 0 Å². The number of thioether (sulfide) groups is 1. The number of nitrogens with two attached hydrogens (primary N) is 1. The molecule has 0 aliphatic heterocycles. The molecular weight excluding hydrogens is 342 g/mol. The standard InChI is InChI=1S/C13H16BrN3S2/c1-3-11-16-13(19-17-11)18-12(8(2)15)9-6-4-5-7-10(9)14/h4-8,12H,3,15H2,1-2H3. The van der Waals surface area contributed by atoms with E-state index in [0.717, 1.165) is 21.1 Å². The minimum absolute atomic E-state index is 0.0395. The second kappa shape index (κ2) is 6.83. The van der Waals surface area contributed by atoms with Gasteiger partial charge in [0.25, 0.3) is 0 Å². The Morgan fingerprint density at radius 2 is 2.16 bits per heavy atom. The van der Waals surface area contributed by atoms with Gasteiger partial charge in [0.1, 0.15) is 5.82 Å². The van der Waals surface area contributed by atoms with Crippen molar-refractivity contribution in [2.45, 2.75) is 35.9 Å². The average molecular weight is 358 g/mol. The van der Waals surface area contributed by atoms with Gasteiger partial charge in [-0.15, -0.1) is 0 Å². The SMILES string of the molecule is CCc1nsc(SC(c2ccccc2Br)C(C)N)n1. The second-order valence-electron chi connectivity index (χ2n) is 4.25. The molecule has 2 unspecified atom stereocenters. The van der Waals surface area contributed by atoms with E-state index in [-0.39, 0.29) is 11.3 Å². The predicted molar refractivity (Wildman–Crippen MR) is 85.7 cm³/mol. The molecule has 0 bridgehead atoms. The van der Waals surface area contributed by atoms with E-state index in [1.807, 2.05) is 25.1 Å². The number of nitrogens with zero attached hydrogens (tertiary/aromatic N) is 2. The maximum atomic E-state index is 6.14. The van der Waals surface area contributed by atoms with Crippen molar-refractivity contribution in [3.8, 4) is 0 Å². The summed E-state index contributed by atoms with van der Waals surface area (Å²) in [5, 5.41) is 0.174. The lowest BCUT2D eigenvalue weighted by Crippen LogP contribution is -2.22. The van der Waals surface area contributed by atoms with Crippen molar-refractivity contribution in [1.82, 2.24) is 9.36 Å². The lowest BCUT2D eigenvalue weighted by Gasteiger charge is -2.20. The van der Waals surface area contributed by atoms with Crippen molar-refractivity contribution >= 4 is 39.2 Å². The molecule has 1 heterocycles. The third-order valence-electron chi connectivity index (χ3n) is 2.68. The summed E-state index contributed by atoms with van der Waals surface area (Å²) < 4.78 is 6.39. The van der Waals surface area contributed by atoms with Crippen LogP contribution in [0.25, 0.3) is 0 Å². The van der Waals surface area contributed by atoms with Crippen molar-refractivity contribution in [2.24, 2.45) is 5.73 Å². The van der Waals surface area contributed by atoms with Crippen LogP contribution < -0.4 is 5.73 Å². The number of hydrogen-bond acceptors (Lipinski definition) is 5. The van der Waals surface area contributed by atoms with Gasteiger partial charge in [-0.2, -0.15) is 4.37 Å². The Kier molecular flexibility index (Phi) is 5.38. The van der Waals surface area contributed by atoms with E-state index < -0.39 is 0 Å². The van der Waals surface area contributed by atoms with Crippen LogP contribution in [0.15, 0.2) is 33.1 Å². The van der Waals surface area contributed by atoms with Crippen molar-refractivity contribution < 1.29 is 0 Å². The molecule has 0 spiro atoms. The molecule has 0 fully saturated rings. The molecule has 0 radical (unpaired) electrons. The Morgan fingerprint density at radius 3 is 2.74 bits per heavy atom. The van der Waals surface area contributed by atoms with Gasteiger partial charge in [0.05, 0.1) is 5.25 Å². The van der Waals surface area contributed by atoms with Crippen LogP contribution in [0, 0.1) is 0 Å². The fourth-order valence-corrected chi connectivity index (χ4v) is 4.40. The first-order valence-corrected chi connectivity index (χ1v) is 8.55. The minimum Gasteiger partial charge on any atom is -0.327 e. The summed E-state index contributed by atoms with van der Waals surface area (Å²) in [7, 11) is 0. The van der Waals surface area contributed by atoms with Crippen LogP contribution in [-0.4, -0.2) is 15.4 Å². The quantitative estimate of drug-likeness (QED) is 0.820. The fraction of sp³-hybridized carbons (Fsp3) is 0.385. The average Bonchev–Trinajstić information content (AvgIpc) is 2.84. The molecule has 2 N–H and O–H groups in total. The molecule has 2 rings (SSSR count). The molecule has 0 amide bonds. The Labute approximate surface area is 130 Å². The van der Waals surface area contributed by atoms with Crippen LogP contribution in [0.4, 0.5) is 0 Å². The van der Waals surface area contributed by atoms with Gasteiger partial charge in [0.15, 0.2) is 4.34 Å². The van der Waals surface area contributed by atoms with Crippen LogP contribution in [0.1, 0.15) is 30.5 Å². The van der Waals surface area contributed by atoms with Crippen LogP contribution in [-0.2, 0) is 6.42 Å². The zero-order valence-corrected chi connectivity index (χ0v) is 14.1. The summed E-state index contributed by atoms with van der Waals surface area (Å²) in [6.45, 7) is 4.09. The summed E-state index contributed by atoms with van der Waals surface area (Å²) in [4.78, 5) is 4.51. The van der Waals surface area contributed by atoms with Crippen LogP contribution in [0.2, 0.25) is 0 Å². The summed E-state index contributed by atoms with van der Waals surface area (Å²) in [6.07, 6.45) is 0.870. The molecule has 6 heteroatoms. The molecule has 2 atom stereocenters. The highest BCUT2D eigenvalue weighted by molar-refractivity contribution is 9.10. The molecule has 0 saturated carbocycles. The number of rotatable bonds is 5. The first kappa shape index (κ1) is 15.0. The summed E-state index contributed by atoms with van der Waals surface area (Å²) in [5.74, 6) is 0.906. The molecule has 3 nitrogen and oxygen atoms in total. The minimum atomic E-state index is 0.0395. The highest BCUT2D eigenvalue weighted by Crippen LogP contribution is 2.40. The first-order valence-electron chi connectivity index (χ1n) is 6.11. The second-order valence-corrected chi connectivity index (χ2v) is 7.24. The first-order chi connectivity index (χ1) is 9.11. The molecule has 1 aromatic heterocycles. The zero-order valence-electron chi connectivity index (χ0n) is 10.8. The van der Waals surface area contributed by atoms with E-state index >= 15 is 0 Å². The van der Waals surface area contributed by atoms with E-state index in [0.29, 0.717) is 0 Å². The van der Waals surface area contributed by atoms with Crippen LogP contribution in [0.5, 0.6) is 0 Å². The van der Waals surface area contributed by atoms with E-state index in [9.17, 15) is 0 Å². The number of benzene rings is 1. The maximum absolute atomic E-state index is 6.14. The predicted octanol–water partition coefficient (Wildman–Crippen LogP) is 4.04. The topological polar surface area (TPSA) is 51.8 Å². The van der Waals surface area contributed by atoms with Crippen LogP contribution in [0.3, 0.4) is 0 Å². The smallest absolute Gasteiger partial charge is 0.170 e.